The Morgan fingerprint density at radius 3 is 2.57 bits per heavy atom. The minimum absolute atomic E-state index is 0.0519. The number of amides is 1. The van der Waals surface area contributed by atoms with Gasteiger partial charge >= 0.3 is 6.55 Å². The molecule has 3 aliphatic rings. The van der Waals surface area contributed by atoms with Crippen molar-refractivity contribution in [2.24, 2.45) is 17.8 Å². The number of nitrogens with zero attached hydrogens (tertiary/aromatic N) is 2. The van der Waals surface area contributed by atoms with Gasteiger partial charge < -0.3 is 5.32 Å². The fourth-order valence-electron chi connectivity index (χ4n) is 5.72. The van der Waals surface area contributed by atoms with Gasteiger partial charge in [0.25, 0.3) is 0 Å². The summed E-state index contributed by atoms with van der Waals surface area (Å²) in [6.45, 7) is -0.474. The van der Waals surface area contributed by atoms with E-state index in [4.69, 9.17) is 0 Å². The first kappa shape index (κ1) is 20.6. The Morgan fingerprint density at radius 2 is 1.90 bits per heavy atom. The van der Waals surface area contributed by atoms with E-state index >= 15 is 0 Å². The summed E-state index contributed by atoms with van der Waals surface area (Å²) < 4.78 is 28.8. The molecule has 1 spiro atoms. The Kier molecular flexibility index (Phi) is 5.50. The molecule has 1 saturated heterocycles. The Balaban J connectivity index is 1.25. The Labute approximate surface area is 183 Å². The minimum atomic E-state index is -2.66. The maximum absolute atomic E-state index is 13.7. The maximum Gasteiger partial charge on any atom is 0.320 e. The first-order valence-electron chi connectivity index (χ1n) is 10.8. The van der Waals surface area contributed by atoms with E-state index in [1.54, 1.807) is 24.3 Å². The van der Waals surface area contributed by atoms with E-state index in [0.717, 1.165) is 17.4 Å². The standard InChI is InChI=1S/C22H27F2N3OS2/c1-13(19-26-17-4-2-3-5-18(17)27(19)21(23)24)12-25-20(28)14-10-15-6-7-16(11-14)22(15)29-8-9-30-22/h2-5,13-16,21H,6-12H2,1H3,(H,25,28). The molecule has 0 radical (unpaired) electrons. The van der Waals surface area contributed by atoms with Gasteiger partial charge in [-0.05, 0) is 49.7 Å². The molecule has 2 heterocycles. The summed E-state index contributed by atoms with van der Waals surface area (Å²) in [6, 6.07) is 6.95. The molecule has 1 aromatic heterocycles. The van der Waals surface area contributed by atoms with E-state index in [0.29, 0.717) is 39.3 Å². The first-order chi connectivity index (χ1) is 14.5. The molecule has 2 aliphatic carbocycles. The molecule has 3 atom stereocenters. The number of carbonyl (C=O) groups is 1. The lowest BCUT2D eigenvalue weighted by Gasteiger charge is -2.42. The number of hydrogen-bond acceptors (Lipinski definition) is 4. The zero-order valence-corrected chi connectivity index (χ0v) is 18.7. The van der Waals surface area contributed by atoms with Gasteiger partial charge in [-0.2, -0.15) is 8.78 Å². The Hall–Kier alpha value is -1.28. The second-order valence-electron chi connectivity index (χ2n) is 8.81. The number of benzene rings is 1. The highest BCUT2D eigenvalue weighted by molar-refractivity contribution is 8.21. The fraction of sp³-hybridized carbons (Fsp3) is 0.636. The van der Waals surface area contributed by atoms with Crippen LogP contribution in [0.2, 0.25) is 0 Å². The molecule has 2 saturated carbocycles. The third-order valence-electron chi connectivity index (χ3n) is 7.09. The monoisotopic (exact) mass is 451 g/mol. The lowest BCUT2D eigenvalue weighted by molar-refractivity contribution is -0.126. The number of para-hydroxylation sites is 2. The van der Waals surface area contributed by atoms with Crippen molar-refractivity contribution in [2.45, 2.75) is 49.2 Å². The van der Waals surface area contributed by atoms with Crippen LogP contribution in [0.25, 0.3) is 11.0 Å². The number of imidazole rings is 1. The smallest absolute Gasteiger partial charge is 0.320 e. The Bertz CT molecular complexity index is 928. The summed E-state index contributed by atoms with van der Waals surface area (Å²) in [4.78, 5) is 17.4. The van der Waals surface area contributed by atoms with Gasteiger partial charge in [-0.15, -0.1) is 23.5 Å². The fourth-order valence-corrected chi connectivity index (χ4v) is 9.66. The summed E-state index contributed by atoms with van der Waals surface area (Å²) >= 11 is 4.26. The minimum Gasteiger partial charge on any atom is -0.355 e. The van der Waals surface area contributed by atoms with Crippen LogP contribution in [-0.2, 0) is 4.79 Å². The third-order valence-corrected chi connectivity index (χ3v) is 11.1. The molecule has 162 valence electrons. The number of fused-ring (bicyclic) bond motifs is 1. The second-order valence-corrected chi connectivity index (χ2v) is 11.8. The van der Waals surface area contributed by atoms with E-state index in [1.165, 1.54) is 24.3 Å². The van der Waals surface area contributed by atoms with Crippen LogP contribution in [0, 0.1) is 17.8 Å². The Morgan fingerprint density at radius 1 is 1.23 bits per heavy atom. The average Bonchev–Trinajstić information content (AvgIpc) is 3.41. The van der Waals surface area contributed by atoms with Gasteiger partial charge in [0.15, 0.2) is 0 Å². The van der Waals surface area contributed by atoms with Crippen LogP contribution in [0.4, 0.5) is 8.78 Å². The van der Waals surface area contributed by atoms with Gasteiger partial charge in [-0.1, -0.05) is 19.1 Å². The number of thioether (sulfide) groups is 2. The number of nitrogens with one attached hydrogen (secondary N) is 1. The highest BCUT2D eigenvalue weighted by atomic mass is 32.2. The number of aromatic nitrogens is 2. The van der Waals surface area contributed by atoms with Gasteiger partial charge in [0.1, 0.15) is 5.82 Å². The molecule has 5 rings (SSSR count). The maximum atomic E-state index is 13.7. The average molecular weight is 452 g/mol. The summed E-state index contributed by atoms with van der Waals surface area (Å²) in [7, 11) is 0. The van der Waals surface area contributed by atoms with Crippen molar-refractivity contribution >= 4 is 40.5 Å². The molecule has 1 aromatic carbocycles. The van der Waals surface area contributed by atoms with Crippen LogP contribution in [0.3, 0.4) is 0 Å². The van der Waals surface area contributed by atoms with Gasteiger partial charge in [0.05, 0.1) is 15.1 Å². The molecule has 1 N–H and O–H groups in total. The van der Waals surface area contributed by atoms with Crippen LogP contribution in [-0.4, -0.2) is 37.6 Å². The third kappa shape index (κ3) is 3.34. The van der Waals surface area contributed by atoms with Crippen LogP contribution < -0.4 is 5.32 Å². The van der Waals surface area contributed by atoms with Crippen LogP contribution in [0.1, 0.15) is 50.9 Å². The normalized spacial score (nSPS) is 28.5. The van der Waals surface area contributed by atoms with Crippen LogP contribution >= 0.6 is 23.5 Å². The van der Waals surface area contributed by atoms with E-state index in [9.17, 15) is 13.6 Å². The van der Waals surface area contributed by atoms with Gasteiger partial charge in [0.2, 0.25) is 5.91 Å². The molecule has 3 fully saturated rings. The molecule has 1 aliphatic heterocycles. The van der Waals surface area contributed by atoms with Gasteiger partial charge in [-0.3, -0.25) is 9.36 Å². The highest BCUT2D eigenvalue weighted by Crippen LogP contribution is 2.65. The molecule has 2 aromatic rings. The zero-order chi connectivity index (χ0) is 20.9. The number of alkyl halides is 2. The summed E-state index contributed by atoms with van der Waals surface area (Å²) in [5.74, 6) is 3.90. The molecule has 4 nitrogen and oxygen atoms in total. The van der Waals surface area contributed by atoms with Crippen LogP contribution in [0.5, 0.6) is 0 Å². The van der Waals surface area contributed by atoms with Crippen molar-refractivity contribution in [3.63, 3.8) is 0 Å². The van der Waals surface area contributed by atoms with Crippen molar-refractivity contribution in [1.29, 1.82) is 0 Å². The van der Waals surface area contributed by atoms with Crippen molar-refractivity contribution in [3.05, 3.63) is 30.1 Å². The van der Waals surface area contributed by atoms with Crippen molar-refractivity contribution < 1.29 is 13.6 Å². The van der Waals surface area contributed by atoms with Gasteiger partial charge in [0, 0.05) is 29.9 Å². The molecular weight excluding hydrogens is 424 g/mol. The molecular formula is C22H27F2N3OS2. The number of rotatable bonds is 5. The summed E-state index contributed by atoms with van der Waals surface area (Å²) in [5, 5.41) is 3.06. The number of carbonyl (C=O) groups excluding carboxylic acids is 1. The van der Waals surface area contributed by atoms with E-state index < -0.39 is 6.55 Å². The molecule has 8 heteroatoms. The zero-order valence-electron chi connectivity index (χ0n) is 17.0. The molecule has 1 amide bonds. The lowest BCUT2D eigenvalue weighted by atomic mass is 9.79. The largest absolute Gasteiger partial charge is 0.355 e. The predicted octanol–water partition coefficient (Wildman–Crippen LogP) is 5.26. The van der Waals surface area contributed by atoms with Crippen molar-refractivity contribution in [1.82, 2.24) is 14.9 Å². The SMILES string of the molecule is CC(CNC(=O)C1CC2CCC(C1)C21SCCS1)c1nc2ccccc2n1C(F)F. The van der Waals surface area contributed by atoms with Crippen LogP contribution in [0.15, 0.2) is 24.3 Å². The number of halogens is 2. The van der Waals surface area contributed by atoms with Crippen molar-refractivity contribution in [2.75, 3.05) is 18.1 Å². The van der Waals surface area contributed by atoms with E-state index in [1.807, 2.05) is 6.92 Å². The topological polar surface area (TPSA) is 46.9 Å². The lowest BCUT2D eigenvalue weighted by Crippen LogP contribution is -2.43. The highest BCUT2D eigenvalue weighted by Gasteiger charge is 2.57. The molecule has 2 bridgehead atoms. The summed E-state index contributed by atoms with van der Waals surface area (Å²) in [6.07, 6.45) is 4.41. The van der Waals surface area contributed by atoms with E-state index in [2.05, 4.69) is 33.8 Å². The molecule has 3 unspecified atom stereocenters. The van der Waals surface area contributed by atoms with Gasteiger partial charge in [-0.25, -0.2) is 4.98 Å². The quantitative estimate of drug-likeness (QED) is 0.673. The predicted molar refractivity (Wildman–Crippen MR) is 119 cm³/mol. The van der Waals surface area contributed by atoms with E-state index in [-0.39, 0.29) is 17.7 Å². The van der Waals surface area contributed by atoms with Crippen molar-refractivity contribution in [3.8, 4) is 0 Å². The first-order valence-corrected chi connectivity index (χ1v) is 12.8. The second kappa shape index (κ2) is 8.01. The number of hydrogen-bond donors (Lipinski definition) is 1. The molecule has 30 heavy (non-hydrogen) atoms. The summed E-state index contributed by atoms with van der Waals surface area (Å²) in [5.41, 5.74) is 0.994.